The van der Waals surface area contributed by atoms with Crippen molar-refractivity contribution < 1.29 is 0 Å². The summed E-state index contributed by atoms with van der Waals surface area (Å²) in [4.78, 5) is 19.1. The Labute approximate surface area is 116 Å². The van der Waals surface area contributed by atoms with Crippen LogP contribution in [0, 0.1) is 6.92 Å². The summed E-state index contributed by atoms with van der Waals surface area (Å²) < 4.78 is 1.97. The second-order valence-electron chi connectivity index (χ2n) is 4.84. The summed E-state index contributed by atoms with van der Waals surface area (Å²) in [5.74, 6) is 0. The van der Waals surface area contributed by atoms with E-state index in [1.807, 2.05) is 17.7 Å². The Bertz CT molecular complexity index is 816. The number of nitrogens with zero attached hydrogens (tertiary/aromatic N) is 3. The van der Waals surface area contributed by atoms with Gasteiger partial charge in [0.1, 0.15) is 5.52 Å². The first-order valence-corrected chi connectivity index (χ1v) is 6.72. The van der Waals surface area contributed by atoms with Gasteiger partial charge in [-0.05, 0) is 37.1 Å². The van der Waals surface area contributed by atoms with E-state index in [1.165, 1.54) is 0 Å². The number of nitrogens with one attached hydrogen (secondary N) is 1. The molecule has 5 heteroatoms. The maximum Gasteiger partial charge on any atom is 0.257 e. The Morgan fingerprint density at radius 2 is 2.25 bits per heavy atom. The Morgan fingerprint density at radius 3 is 3.00 bits per heavy atom. The van der Waals surface area contributed by atoms with E-state index < -0.39 is 0 Å². The molecular formula is C15H16N4O. The molecule has 0 aliphatic heterocycles. The number of aryl methyl sites for hydroxylation is 2. The van der Waals surface area contributed by atoms with E-state index in [0.29, 0.717) is 11.3 Å². The highest BCUT2D eigenvalue weighted by molar-refractivity contribution is 5.81. The van der Waals surface area contributed by atoms with Crippen LogP contribution < -0.4 is 5.56 Å². The lowest BCUT2D eigenvalue weighted by Gasteiger charge is -2.06. The summed E-state index contributed by atoms with van der Waals surface area (Å²) in [5, 5.41) is 4.37. The van der Waals surface area contributed by atoms with Crippen LogP contribution >= 0.6 is 0 Å². The molecule has 0 spiro atoms. The quantitative estimate of drug-likeness (QED) is 0.793. The number of H-pyrrole nitrogens is 1. The lowest BCUT2D eigenvalue weighted by molar-refractivity contribution is 0.621. The molecule has 0 unspecified atom stereocenters. The molecule has 0 saturated heterocycles. The van der Waals surface area contributed by atoms with Gasteiger partial charge in [0.2, 0.25) is 0 Å². The van der Waals surface area contributed by atoms with Gasteiger partial charge in [0.05, 0.1) is 23.0 Å². The SMILES string of the molecule is CCCn1ncc2nc(-c3ccc[nH]c3=O)cc(C)c21. The van der Waals surface area contributed by atoms with E-state index >= 15 is 0 Å². The van der Waals surface area contributed by atoms with Gasteiger partial charge in [-0.25, -0.2) is 4.98 Å². The molecule has 3 heterocycles. The fraction of sp³-hybridized carbons (Fsp3) is 0.267. The van der Waals surface area contributed by atoms with E-state index in [-0.39, 0.29) is 5.56 Å². The largest absolute Gasteiger partial charge is 0.329 e. The van der Waals surface area contributed by atoms with Crippen LogP contribution in [0.3, 0.4) is 0 Å². The smallest absolute Gasteiger partial charge is 0.257 e. The van der Waals surface area contributed by atoms with Gasteiger partial charge >= 0.3 is 0 Å². The van der Waals surface area contributed by atoms with Gasteiger partial charge in [0.25, 0.3) is 5.56 Å². The molecule has 0 fully saturated rings. The number of fused-ring (bicyclic) bond motifs is 1. The van der Waals surface area contributed by atoms with Crippen molar-refractivity contribution in [1.29, 1.82) is 0 Å². The van der Waals surface area contributed by atoms with Crippen molar-refractivity contribution in [3.8, 4) is 11.3 Å². The minimum absolute atomic E-state index is 0.125. The number of pyridine rings is 2. The first-order valence-electron chi connectivity index (χ1n) is 6.72. The van der Waals surface area contributed by atoms with Crippen molar-refractivity contribution in [1.82, 2.24) is 19.7 Å². The molecule has 0 aliphatic rings. The minimum atomic E-state index is -0.125. The molecule has 0 atom stereocenters. The highest BCUT2D eigenvalue weighted by Crippen LogP contribution is 2.22. The Morgan fingerprint density at radius 1 is 1.40 bits per heavy atom. The molecule has 3 rings (SSSR count). The maximum atomic E-state index is 11.9. The van der Waals surface area contributed by atoms with Crippen molar-refractivity contribution in [2.75, 3.05) is 0 Å². The third kappa shape index (κ3) is 2.01. The Balaban J connectivity index is 2.21. The zero-order chi connectivity index (χ0) is 14.1. The van der Waals surface area contributed by atoms with Crippen LogP contribution in [0.25, 0.3) is 22.3 Å². The lowest BCUT2D eigenvalue weighted by atomic mass is 10.1. The number of aromatic nitrogens is 4. The molecule has 0 saturated carbocycles. The predicted octanol–water partition coefficient (Wildman–Crippen LogP) is 2.51. The first kappa shape index (κ1) is 12.6. The summed E-state index contributed by atoms with van der Waals surface area (Å²) in [6.45, 7) is 5.02. The second-order valence-corrected chi connectivity index (χ2v) is 4.84. The van der Waals surface area contributed by atoms with Crippen LogP contribution in [0.2, 0.25) is 0 Å². The van der Waals surface area contributed by atoms with Crippen molar-refractivity contribution in [2.24, 2.45) is 0 Å². The average Bonchev–Trinajstić information content (AvgIpc) is 2.83. The van der Waals surface area contributed by atoms with Gasteiger partial charge in [-0.3, -0.25) is 9.48 Å². The van der Waals surface area contributed by atoms with E-state index in [0.717, 1.165) is 29.6 Å². The normalized spacial score (nSPS) is 11.1. The summed E-state index contributed by atoms with van der Waals surface area (Å²) in [6, 6.07) is 5.53. The van der Waals surface area contributed by atoms with Crippen LogP contribution in [0.5, 0.6) is 0 Å². The molecule has 0 bridgehead atoms. The van der Waals surface area contributed by atoms with Crippen LogP contribution in [-0.2, 0) is 6.54 Å². The summed E-state index contributed by atoms with van der Waals surface area (Å²) in [7, 11) is 0. The fourth-order valence-electron chi connectivity index (χ4n) is 2.44. The van der Waals surface area contributed by atoms with E-state index in [4.69, 9.17) is 0 Å². The summed E-state index contributed by atoms with van der Waals surface area (Å²) in [5.41, 5.74) is 4.10. The van der Waals surface area contributed by atoms with Crippen LogP contribution in [0.15, 0.2) is 35.4 Å². The van der Waals surface area contributed by atoms with E-state index in [9.17, 15) is 4.79 Å². The van der Waals surface area contributed by atoms with Gasteiger partial charge in [-0.15, -0.1) is 0 Å². The average molecular weight is 268 g/mol. The number of aromatic amines is 1. The van der Waals surface area contributed by atoms with Crippen LogP contribution in [0.4, 0.5) is 0 Å². The van der Waals surface area contributed by atoms with Gasteiger partial charge in [0, 0.05) is 12.7 Å². The fourth-order valence-corrected chi connectivity index (χ4v) is 2.44. The molecule has 5 nitrogen and oxygen atoms in total. The zero-order valence-electron chi connectivity index (χ0n) is 11.6. The van der Waals surface area contributed by atoms with Gasteiger partial charge in [-0.2, -0.15) is 5.10 Å². The molecule has 102 valence electrons. The molecule has 0 aliphatic carbocycles. The highest BCUT2D eigenvalue weighted by atomic mass is 16.1. The molecule has 1 N–H and O–H groups in total. The highest BCUT2D eigenvalue weighted by Gasteiger charge is 2.11. The standard InChI is InChI=1S/C15H16N4O/c1-3-7-19-14-10(2)8-12(18-13(14)9-17-19)11-5-4-6-16-15(11)20/h4-6,8-9H,3,7H2,1-2H3,(H,16,20). The van der Waals surface area contributed by atoms with Crippen molar-refractivity contribution >= 4 is 11.0 Å². The van der Waals surface area contributed by atoms with Crippen molar-refractivity contribution in [3.63, 3.8) is 0 Å². The molecule has 0 radical (unpaired) electrons. The van der Waals surface area contributed by atoms with E-state index in [2.05, 4.69) is 22.0 Å². The van der Waals surface area contributed by atoms with E-state index in [1.54, 1.807) is 24.5 Å². The first-order chi connectivity index (χ1) is 9.70. The maximum absolute atomic E-state index is 11.9. The number of hydrogen-bond acceptors (Lipinski definition) is 3. The van der Waals surface area contributed by atoms with Crippen molar-refractivity contribution in [2.45, 2.75) is 26.8 Å². The summed E-state index contributed by atoms with van der Waals surface area (Å²) in [6.07, 6.45) is 4.41. The second kappa shape index (κ2) is 4.92. The molecule has 20 heavy (non-hydrogen) atoms. The van der Waals surface area contributed by atoms with Gasteiger partial charge < -0.3 is 4.98 Å². The molecule has 3 aromatic heterocycles. The molecule has 0 amide bonds. The van der Waals surface area contributed by atoms with Gasteiger partial charge in [-0.1, -0.05) is 6.92 Å². The monoisotopic (exact) mass is 268 g/mol. The van der Waals surface area contributed by atoms with Gasteiger partial charge in [0.15, 0.2) is 0 Å². The Kier molecular flexibility index (Phi) is 3.10. The number of rotatable bonds is 3. The molecular weight excluding hydrogens is 252 g/mol. The van der Waals surface area contributed by atoms with Crippen LogP contribution in [-0.4, -0.2) is 19.7 Å². The van der Waals surface area contributed by atoms with Crippen molar-refractivity contribution in [3.05, 3.63) is 46.5 Å². The van der Waals surface area contributed by atoms with Crippen LogP contribution in [0.1, 0.15) is 18.9 Å². The topological polar surface area (TPSA) is 63.6 Å². The minimum Gasteiger partial charge on any atom is -0.329 e. The lowest BCUT2D eigenvalue weighted by Crippen LogP contribution is -2.08. The molecule has 0 aromatic carbocycles. The predicted molar refractivity (Wildman–Crippen MR) is 78.6 cm³/mol. The third-order valence-electron chi connectivity index (χ3n) is 3.32. The number of hydrogen-bond donors (Lipinski definition) is 1. The summed E-state index contributed by atoms with van der Waals surface area (Å²) >= 11 is 0. The Hall–Kier alpha value is -2.43. The zero-order valence-corrected chi connectivity index (χ0v) is 11.6. The molecule has 3 aromatic rings. The third-order valence-corrected chi connectivity index (χ3v) is 3.32.